The van der Waals surface area contributed by atoms with Gasteiger partial charge in [0.25, 0.3) is 0 Å². The highest BCUT2D eigenvalue weighted by Gasteiger charge is 2.17. The Bertz CT molecular complexity index is 505. The van der Waals surface area contributed by atoms with E-state index in [0.29, 0.717) is 30.7 Å². The van der Waals surface area contributed by atoms with Crippen molar-refractivity contribution in [2.24, 2.45) is 10.7 Å². The van der Waals surface area contributed by atoms with Gasteiger partial charge in [0.05, 0.1) is 19.8 Å². The van der Waals surface area contributed by atoms with E-state index in [-0.39, 0.29) is 6.04 Å². The second kappa shape index (κ2) is 6.81. The maximum absolute atomic E-state index is 6.10. The second-order valence-corrected chi connectivity index (χ2v) is 5.29. The van der Waals surface area contributed by atoms with Crippen molar-refractivity contribution in [3.8, 4) is 5.75 Å². The summed E-state index contributed by atoms with van der Waals surface area (Å²) in [5.41, 5.74) is 7.95. The monoisotopic (exact) mass is 297 g/mol. The number of hydrogen-bond donors (Lipinski definition) is 2. The Morgan fingerprint density at radius 1 is 1.60 bits per heavy atom. The Morgan fingerprint density at radius 2 is 2.40 bits per heavy atom. The third kappa shape index (κ3) is 3.77. The van der Waals surface area contributed by atoms with E-state index in [1.54, 1.807) is 7.11 Å². The Labute approximate surface area is 124 Å². The highest BCUT2D eigenvalue weighted by atomic mass is 35.5. The second-order valence-electron chi connectivity index (χ2n) is 4.85. The summed E-state index contributed by atoms with van der Waals surface area (Å²) in [6.07, 6.45) is 0.894. The zero-order valence-electron chi connectivity index (χ0n) is 11.8. The van der Waals surface area contributed by atoms with E-state index in [2.05, 4.69) is 10.3 Å². The number of halogens is 1. The molecule has 0 amide bonds. The molecule has 20 heavy (non-hydrogen) atoms. The summed E-state index contributed by atoms with van der Waals surface area (Å²) in [5.74, 6) is 1.29. The molecule has 0 saturated carbocycles. The number of methoxy groups -OCH3 is 1. The van der Waals surface area contributed by atoms with E-state index >= 15 is 0 Å². The Kier molecular flexibility index (Phi) is 5.09. The standard InChI is InChI=1S/C14H20ClN3O2/c1-9(8-19-2)18-14(16)17-7-11-6-12(15)5-10-3-4-20-13(10)11/h5-6,9H,3-4,7-8H2,1-2H3,(H3,16,17,18). The average Bonchev–Trinajstić information content (AvgIpc) is 2.84. The number of benzene rings is 1. The van der Waals surface area contributed by atoms with Crippen LogP contribution in [0.5, 0.6) is 5.75 Å². The van der Waals surface area contributed by atoms with Crippen molar-refractivity contribution in [3.05, 3.63) is 28.3 Å². The van der Waals surface area contributed by atoms with Crippen molar-refractivity contribution in [1.82, 2.24) is 5.32 Å². The molecule has 1 heterocycles. The van der Waals surface area contributed by atoms with Crippen molar-refractivity contribution >= 4 is 17.6 Å². The summed E-state index contributed by atoms with van der Waals surface area (Å²) < 4.78 is 10.7. The molecular formula is C14H20ClN3O2. The van der Waals surface area contributed by atoms with E-state index in [0.717, 1.165) is 23.3 Å². The van der Waals surface area contributed by atoms with E-state index in [1.165, 1.54) is 0 Å². The number of fused-ring (bicyclic) bond motifs is 1. The van der Waals surface area contributed by atoms with Gasteiger partial charge in [-0.15, -0.1) is 0 Å². The fourth-order valence-corrected chi connectivity index (χ4v) is 2.49. The molecule has 1 aliphatic rings. The van der Waals surface area contributed by atoms with Crippen LogP contribution in [0.3, 0.4) is 0 Å². The summed E-state index contributed by atoms with van der Waals surface area (Å²) >= 11 is 6.10. The minimum atomic E-state index is 0.116. The van der Waals surface area contributed by atoms with Gasteiger partial charge in [0.2, 0.25) is 0 Å². The maximum atomic E-state index is 6.10. The molecule has 0 aliphatic carbocycles. The molecule has 1 unspecified atom stereocenters. The number of ether oxygens (including phenoxy) is 2. The first-order chi connectivity index (χ1) is 9.60. The lowest BCUT2D eigenvalue weighted by Crippen LogP contribution is -2.40. The number of guanidine groups is 1. The number of hydrogen-bond acceptors (Lipinski definition) is 3. The molecule has 5 nitrogen and oxygen atoms in total. The van der Waals surface area contributed by atoms with E-state index in [4.69, 9.17) is 26.8 Å². The van der Waals surface area contributed by atoms with Crippen molar-refractivity contribution in [2.45, 2.75) is 25.9 Å². The van der Waals surface area contributed by atoms with Crippen LogP contribution in [-0.4, -0.2) is 32.3 Å². The van der Waals surface area contributed by atoms with Crippen LogP contribution >= 0.6 is 11.6 Å². The number of nitrogens with two attached hydrogens (primary N) is 1. The van der Waals surface area contributed by atoms with Gasteiger partial charge in [-0.05, 0) is 24.6 Å². The van der Waals surface area contributed by atoms with Gasteiger partial charge in [0, 0.05) is 30.2 Å². The number of nitrogens with one attached hydrogen (secondary N) is 1. The number of nitrogens with zero attached hydrogens (tertiary/aromatic N) is 1. The molecule has 0 saturated heterocycles. The average molecular weight is 298 g/mol. The van der Waals surface area contributed by atoms with Crippen LogP contribution in [-0.2, 0) is 17.7 Å². The van der Waals surface area contributed by atoms with Crippen LogP contribution in [0, 0.1) is 0 Å². The summed E-state index contributed by atoms with van der Waals surface area (Å²) in [6.45, 7) is 3.70. The highest BCUT2D eigenvalue weighted by molar-refractivity contribution is 6.30. The van der Waals surface area contributed by atoms with Crippen LogP contribution in [0.4, 0.5) is 0 Å². The minimum absolute atomic E-state index is 0.116. The lowest BCUT2D eigenvalue weighted by atomic mass is 10.1. The first kappa shape index (κ1) is 14.9. The molecule has 0 fully saturated rings. The lowest BCUT2D eigenvalue weighted by molar-refractivity contribution is 0.179. The summed E-state index contributed by atoms with van der Waals surface area (Å²) in [6, 6.07) is 3.94. The summed E-state index contributed by atoms with van der Waals surface area (Å²) in [7, 11) is 1.65. The van der Waals surface area contributed by atoms with Crippen LogP contribution in [0.1, 0.15) is 18.1 Å². The quantitative estimate of drug-likeness (QED) is 0.641. The van der Waals surface area contributed by atoms with E-state index < -0.39 is 0 Å². The molecule has 0 aromatic heterocycles. The minimum Gasteiger partial charge on any atom is -0.493 e. The number of aliphatic imine (C=N–C) groups is 1. The van der Waals surface area contributed by atoms with Crippen molar-refractivity contribution in [2.75, 3.05) is 20.3 Å². The molecule has 0 bridgehead atoms. The van der Waals surface area contributed by atoms with Gasteiger partial charge in [-0.1, -0.05) is 11.6 Å². The van der Waals surface area contributed by atoms with Crippen molar-refractivity contribution in [1.29, 1.82) is 0 Å². The van der Waals surface area contributed by atoms with Gasteiger partial charge in [0.15, 0.2) is 5.96 Å². The van der Waals surface area contributed by atoms with Crippen molar-refractivity contribution in [3.63, 3.8) is 0 Å². The first-order valence-corrected chi connectivity index (χ1v) is 6.97. The molecule has 0 radical (unpaired) electrons. The fraction of sp³-hybridized carbons (Fsp3) is 0.500. The van der Waals surface area contributed by atoms with E-state index in [1.807, 2.05) is 19.1 Å². The normalized spacial score (nSPS) is 15.7. The topological polar surface area (TPSA) is 68.9 Å². The zero-order valence-corrected chi connectivity index (χ0v) is 12.5. The Morgan fingerprint density at radius 3 is 3.15 bits per heavy atom. The third-order valence-electron chi connectivity index (χ3n) is 3.06. The molecule has 1 atom stereocenters. The lowest BCUT2D eigenvalue weighted by Gasteiger charge is -2.13. The molecule has 0 spiro atoms. The summed E-state index contributed by atoms with van der Waals surface area (Å²) in [5, 5.41) is 3.77. The fourth-order valence-electron chi connectivity index (χ4n) is 2.22. The zero-order chi connectivity index (χ0) is 14.5. The largest absolute Gasteiger partial charge is 0.493 e. The number of rotatable bonds is 5. The maximum Gasteiger partial charge on any atom is 0.189 e. The molecule has 110 valence electrons. The smallest absolute Gasteiger partial charge is 0.189 e. The Hall–Kier alpha value is -1.46. The van der Waals surface area contributed by atoms with Crippen LogP contribution in [0.15, 0.2) is 17.1 Å². The predicted molar refractivity (Wildman–Crippen MR) is 80.5 cm³/mol. The van der Waals surface area contributed by atoms with Crippen LogP contribution < -0.4 is 15.8 Å². The van der Waals surface area contributed by atoms with Crippen LogP contribution in [0.25, 0.3) is 0 Å². The van der Waals surface area contributed by atoms with Gasteiger partial charge in [-0.2, -0.15) is 0 Å². The summed E-state index contributed by atoms with van der Waals surface area (Å²) in [4.78, 5) is 4.32. The van der Waals surface area contributed by atoms with E-state index in [9.17, 15) is 0 Å². The third-order valence-corrected chi connectivity index (χ3v) is 3.27. The molecule has 6 heteroatoms. The molecular weight excluding hydrogens is 278 g/mol. The van der Waals surface area contributed by atoms with Gasteiger partial charge in [-0.3, -0.25) is 0 Å². The van der Waals surface area contributed by atoms with Gasteiger partial charge in [-0.25, -0.2) is 4.99 Å². The van der Waals surface area contributed by atoms with Crippen molar-refractivity contribution < 1.29 is 9.47 Å². The predicted octanol–water partition coefficient (Wildman–Crippen LogP) is 1.71. The van der Waals surface area contributed by atoms with Gasteiger partial charge < -0.3 is 20.5 Å². The van der Waals surface area contributed by atoms with Crippen LogP contribution in [0.2, 0.25) is 5.02 Å². The molecule has 2 rings (SSSR count). The van der Waals surface area contributed by atoms with Gasteiger partial charge in [0.1, 0.15) is 5.75 Å². The molecule has 1 aliphatic heterocycles. The molecule has 1 aromatic rings. The molecule has 3 N–H and O–H groups in total. The SMILES string of the molecule is COCC(C)NC(N)=NCc1cc(Cl)cc2c1OCC2. The first-order valence-electron chi connectivity index (χ1n) is 6.59. The Balaban J connectivity index is 2.03. The molecule has 1 aromatic carbocycles. The highest BCUT2D eigenvalue weighted by Crippen LogP contribution is 2.33. The van der Waals surface area contributed by atoms with Gasteiger partial charge >= 0.3 is 0 Å².